The fourth-order valence-electron chi connectivity index (χ4n) is 4.86. The Morgan fingerprint density at radius 3 is 2.29 bits per heavy atom. The molecule has 2 heterocycles. The molecule has 0 aliphatic carbocycles. The number of nitrogens with zero attached hydrogens (tertiary/aromatic N) is 1. The highest BCUT2D eigenvalue weighted by molar-refractivity contribution is 6.12. The molecular weight excluding hydrogens is 354 g/mol. The Morgan fingerprint density at radius 1 is 0.857 bits per heavy atom. The number of carbonyl (C=O) groups is 1. The van der Waals surface area contributed by atoms with Crippen molar-refractivity contribution in [1.82, 2.24) is 4.90 Å². The van der Waals surface area contributed by atoms with E-state index in [9.17, 15) is 4.79 Å². The van der Waals surface area contributed by atoms with Gasteiger partial charge in [-0.05, 0) is 69.8 Å². The molecule has 5 rings (SSSR count). The van der Waals surface area contributed by atoms with Crippen LogP contribution in [-0.2, 0) is 17.8 Å². The summed E-state index contributed by atoms with van der Waals surface area (Å²) in [5, 5.41) is 4.59. The fraction of sp³-hybridized carbons (Fsp3) is 0.348. The maximum absolute atomic E-state index is 12.4. The molecule has 0 unspecified atom stereocenters. The van der Waals surface area contributed by atoms with Gasteiger partial charge < -0.3 is 19.1 Å². The normalized spacial score (nSPS) is 18.3. The first-order valence-corrected chi connectivity index (χ1v) is 9.61. The molecule has 1 amide bonds. The Labute approximate surface area is 163 Å². The molecule has 3 aromatic carbocycles. The number of hydrogen-bond donors (Lipinski definition) is 0. The molecule has 1 fully saturated rings. The zero-order chi connectivity index (χ0) is 19.4. The van der Waals surface area contributed by atoms with Crippen molar-refractivity contribution in [1.29, 1.82) is 0 Å². The predicted octanol–water partition coefficient (Wildman–Crippen LogP) is 4.07. The summed E-state index contributed by atoms with van der Waals surface area (Å²) in [7, 11) is 4.99. The zero-order valence-electron chi connectivity index (χ0n) is 16.4. The lowest BCUT2D eigenvalue weighted by Gasteiger charge is -2.33. The second-order valence-corrected chi connectivity index (χ2v) is 7.54. The Hall–Kier alpha value is -2.95. The fourth-order valence-corrected chi connectivity index (χ4v) is 4.86. The van der Waals surface area contributed by atoms with Crippen molar-refractivity contribution < 1.29 is 19.0 Å². The van der Waals surface area contributed by atoms with Crippen LogP contribution in [0.5, 0.6) is 17.2 Å². The SMILES string of the molecule is COc1ccc2c3c(c4cc(OC)c(OC)cc4c2c1)CN1C(=O)CC[C@H]1C3. The van der Waals surface area contributed by atoms with Gasteiger partial charge in [-0.1, -0.05) is 6.07 Å². The average molecular weight is 377 g/mol. The second kappa shape index (κ2) is 6.30. The molecule has 144 valence electrons. The minimum Gasteiger partial charge on any atom is -0.497 e. The van der Waals surface area contributed by atoms with Gasteiger partial charge in [0.25, 0.3) is 0 Å². The molecule has 1 saturated heterocycles. The van der Waals surface area contributed by atoms with Crippen LogP contribution in [0.3, 0.4) is 0 Å². The van der Waals surface area contributed by atoms with E-state index in [1.54, 1.807) is 21.3 Å². The van der Waals surface area contributed by atoms with Crippen LogP contribution in [0.1, 0.15) is 24.0 Å². The maximum atomic E-state index is 12.4. The Morgan fingerprint density at radius 2 is 1.57 bits per heavy atom. The molecule has 0 bridgehead atoms. The summed E-state index contributed by atoms with van der Waals surface area (Å²) < 4.78 is 16.6. The average Bonchev–Trinajstić information content (AvgIpc) is 3.11. The first-order chi connectivity index (χ1) is 13.6. The van der Waals surface area contributed by atoms with Crippen molar-refractivity contribution in [3.8, 4) is 17.2 Å². The Bertz CT molecular complexity index is 1120. The van der Waals surface area contributed by atoms with E-state index in [4.69, 9.17) is 14.2 Å². The van der Waals surface area contributed by atoms with Gasteiger partial charge in [-0.25, -0.2) is 0 Å². The molecule has 28 heavy (non-hydrogen) atoms. The van der Waals surface area contributed by atoms with Crippen LogP contribution in [0.2, 0.25) is 0 Å². The molecule has 0 radical (unpaired) electrons. The van der Waals surface area contributed by atoms with Gasteiger partial charge in [-0.15, -0.1) is 0 Å². The highest BCUT2D eigenvalue weighted by Crippen LogP contribution is 2.44. The molecule has 0 aromatic heterocycles. The van der Waals surface area contributed by atoms with Gasteiger partial charge >= 0.3 is 0 Å². The quantitative estimate of drug-likeness (QED) is 0.646. The third kappa shape index (κ3) is 2.35. The smallest absolute Gasteiger partial charge is 0.223 e. The van der Waals surface area contributed by atoms with Crippen molar-refractivity contribution in [2.24, 2.45) is 0 Å². The summed E-state index contributed by atoms with van der Waals surface area (Å²) in [5.74, 6) is 2.50. The predicted molar refractivity (Wildman–Crippen MR) is 108 cm³/mol. The number of carbonyl (C=O) groups excluding carboxylic acids is 1. The summed E-state index contributed by atoms with van der Waals surface area (Å²) in [5.41, 5.74) is 2.56. The monoisotopic (exact) mass is 377 g/mol. The van der Waals surface area contributed by atoms with Crippen LogP contribution in [0.4, 0.5) is 0 Å². The third-order valence-electron chi connectivity index (χ3n) is 6.28. The van der Waals surface area contributed by atoms with Crippen molar-refractivity contribution in [2.45, 2.75) is 31.8 Å². The van der Waals surface area contributed by atoms with Crippen molar-refractivity contribution >= 4 is 27.5 Å². The number of rotatable bonds is 3. The number of fused-ring (bicyclic) bond motifs is 7. The van der Waals surface area contributed by atoms with Gasteiger partial charge in [0.05, 0.1) is 21.3 Å². The first-order valence-electron chi connectivity index (χ1n) is 9.61. The van der Waals surface area contributed by atoms with Crippen molar-refractivity contribution in [3.05, 3.63) is 41.5 Å². The highest BCUT2D eigenvalue weighted by Gasteiger charge is 2.36. The molecule has 0 N–H and O–H groups in total. The molecule has 0 spiro atoms. The van der Waals surface area contributed by atoms with E-state index in [1.165, 1.54) is 16.5 Å². The van der Waals surface area contributed by atoms with Gasteiger partial charge in [-0.3, -0.25) is 4.79 Å². The van der Waals surface area contributed by atoms with Crippen LogP contribution < -0.4 is 14.2 Å². The van der Waals surface area contributed by atoms with Crippen LogP contribution in [0, 0.1) is 0 Å². The summed E-state index contributed by atoms with van der Waals surface area (Å²) in [4.78, 5) is 14.4. The molecule has 5 nitrogen and oxygen atoms in total. The van der Waals surface area contributed by atoms with E-state index in [1.807, 2.05) is 23.1 Å². The van der Waals surface area contributed by atoms with Gasteiger partial charge in [0.2, 0.25) is 5.91 Å². The molecule has 3 aromatic rings. The van der Waals surface area contributed by atoms with Crippen LogP contribution in [0.15, 0.2) is 30.3 Å². The number of benzene rings is 3. The van der Waals surface area contributed by atoms with E-state index in [2.05, 4.69) is 12.1 Å². The lowest BCUT2D eigenvalue weighted by molar-refractivity contribution is -0.129. The minimum absolute atomic E-state index is 0.263. The number of methoxy groups -OCH3 is 3. The Kier molecular flexibility index (Phi) is 3.86. The topological polar surface area (TPSA) is 48.0 Å². The molecule has 2 aliphatic heterocycles. The van der Waals surface area contributed by atoms with Gasteiger partial charge in [0.15, 0.2) is 11.5 Å². The molecular formula is C23H23NO4. The zero-order valence-corrected chi connectivity index (χ0v) is 16.4. The van der Waals surface area contributed by atoms with E-state index < -0.39 is 0 Å². The Balaban J connectivity index is 1.88. The standard InChI is InChI=1S/C23H23NO4/c1-26-14-5-6-15-16-8-13-4-7-23(25)24(13)12-20(16)19-11-22(28-3)21(27-2)10-18(19)17(15)9-14/h5-6,9-11,13H,4,7-8,12H2,1-3H3/t13-/m0/s1. The van der Waals surface area contributed by atoms with E-state index >= 15 is 0 Å². The lowest BCUT2D eigenvalue weighted by atomic mass is 9.85. The largest absolute Gasteiger partial charge is 0.497 e. The molecule has 0 saturated carbocycles. The van der Waals surface area contributed by atoms with E-state index in [-0.39, 0.29) is 5.91 Å². The summed E-state index contributed by atoms with van der Waals surface area (Å²) in [6, 6.07) is 10.6. The van der Waals surface area contributed by atoms with E-state index in [0.717, 1.165) is 34.7 Å². The number of amides is 1. The maximum Gasteiger partial charge on any atom is 0.223 e. The lowest BCUT2D eigenvalue weighted by Crippen LogP contribution is -2.38. The van der Waals surface area contributed by atoms with Gasteiger partial charge in [-0.2, -0.15) is 0 Å². The van der Waals surface area contributed by atoms with Crippen LogP contribution in [-0.4, -0.2) is 38.2 Å². The first kappa shape index (κ1) is 17.2. The number of hydrogen-bond acceptors (Lipinski definition) is 4. The second-order valence-electron chi connectivity index (χ2n) is 7.54. The van der Waals surface area contributed by atoms with E-state index in [0.29, 0.717) is 30.5 Å². The summed E-state index contributed by atoms with van der Waals surface area (Å²) in [6.07, 6.45) is 2.49. The highest BCUT2D eigenvalue weighted by atomic mass is 16.5. The summed E-state index contributed by atoms with van der Waals surface area (Å²) in [6.45, 7) is 0.660. The molecule has 1 atom stereocenters. The third-order valence-corrected chi connectivity index (χ3v) is 6.28. The minimum atomic E-state index is 0.263. The van der Waals surface area contributed by atoms with Crippen molar-refractivity contribution in [3.63, 3.8) is 0 Å². The van der Waals surface area contributed by atoms with Crippen LogP contribution >= 0.6 is 0 Å². The van der Waals surface area contributed by atoms with Crippen molar-refractivity contribution in [2.75, 3.05) is 21.3 Å². The van der Waals surface area contributed by atoms with Gasteiger partial charge in [0, 0.05) is 19.0 Å². The summed E-state index contributed by atoms with van der Waals surface area (Å²) >= 11 is 0. The van der Waals surface area contributed by atoms with Gasteiger partial charge in [0.1, 0.15) is 5.75 Å². The molecule has 5 heteroatoms. The number of ether oxygens (including phenoxy) is 3. The van der Waals surface area contributed by atoms with Crippen LogP contribution in [0.25, 0.3) is 21.5 Å². The molecule has 2 aliphatic rings.